The van der Waals surface area contributed by atoms with Crippen molar-refractivity contribution in [2.75, 3.05) is 12.3 Å². The number of nitrogens with two attached hydrogens (primary N) is 1. The summed E-state index contributed by atoms with van der Waals surface area (Å²) in [5.74, 6) is 2.59. The molecule has 0 saturated carbocycles. The van der Waals surface area contributed by atoms with E-state index in [9.17, 15) is 0 Å². The number of rotatable bonds is 6. The average Bonchev–Trinajstić information content (AvgIpc) is 2.90. The quantitative estimate of drug-likeness (QED) is 0.821. The molecule has 0 amide bonds. The van der Waals surface area contributed by atoms with Gasteiger partial charge in [-0.3, -0.25) is 0 Å². The largest absolute Gasteiger partial charge is 0.339 e. The predicted octanol–water partition coefficient (Wildman–Crippen LogP) is 3.30. The Labute approximate surface area is 117 Å². The van der Waals surface area contributed by atoms with Gasteiger partial charge in [0.1, 0.15) is 0 Å². The Bertz CT molecular complexity index is 510. The summed E-state index contributed by atoms with van der Waals surface area (Å²) in [7, 11) is 0. The number of hydrogen-bond donors (Lipinski definition) is 1. The lowest BCUT2D eigenvalue weighted by Gasteiger charge is -2.02. The molecule has 0 radical (unpaired) electrons. The first kappa shape index (κ1) is 14.1. The zero-order chi connectivity index (χ0) is 13.7. The van der Waals surface area contributed by atoms with Gasteiger partial charge in [-0.25, -0.2) is 0 Å². The summed E-state index contributed by atoms with van der Waals surface area (Å²) < 4.78 is 5.29. The van der Waals surface area contributed by atoms with Crippen molar-refractivity contribution in [1.29, 1.82) is 0 Å². The Morgan fingerprint density at radius 1 is 1.32 bits per heavy atom. The van der Waals surface area contributed by atoms with Crippen LogP contribution in [-0.4, -0.2) is 22.4 Å². The van der Waals surface area contributed by atoms with Crippen LogP contribution in [0.25, 0.3) is 11.4 Å². The van der Waals surface area contributed by atoms with Gasteiger partial charge in [0.15, 0.2) is 0 Å². The minimum atomic E-state index is 0.209. The fourth-order valence-corrected chi connectivity index (χ4v) is 2.45. The van der Waals surface area contributed by atoms with E-state index in [-0.39, 0.29) is 5.92 Å². The standard InChI is InChI=1S/C14H19N3OS/c1-3-19-12-6-4-11(5-7-12)13-16-14(18-17-13)10(2)8-9-15/h4-7,10H,3,8-9,15H2,1-2H3. The number of aromatic nitrogens is 2. The maximum absolute atomic E-state index is 5.54. The van der Waals surface area contributed by atoms with E-state index in [2.05, 4.69) is 29.2 Å². The Kier molecular flexibility index (Phi) is 4.99. The van der Waals surface area contributed by atoms with Gasteiger partial charge in [-0.2, -0.15) is 4.98 Å². The molecule has 0 fully saturated rings. The molecule has 2 aromatic rings. The molecule has 0 aliphatic rings. The molecule has 1 aromatic heterocycles. The van der Waals surface area contributed by atoms with Crippen LogP contribution in [0.15, 0.2) is 33.7 Å². The molecule has 1 atom stereocenters. The summed E-state index contributed by atoms with van der Waals surface area (Å²) in [6.07, 6.45) is 0.855. The van der Waals surface area contributed by atoms with Gasteiger partial charge in [-0.15, -0.1) is 11.8 Å². The normalized spacial score (nSPS) is 12.6. The maximum atomic E-state index is 5.54. The predicted molar refractivity (Wildman–Crippen MR) is 78.2 cm³/mol. The maximum Gasteiger partial charge on any atom is 0.229 e. The van der Waals surface area contributed by atoms with Gasteiger partial charge in [0, 0.05) is 16.4 Å². The second kappa shape index (κ2) is 6.73. The highest BCUT2D eigenvalue weighted by Crippen LogP contribution is 2.24. The van der Waals surface area contributed by atoms with E-state index in [0.717, 1.165) is 17.7 Å². The van der Waals surface area contributed by atoms with Crippen LogP contribution >= 0.6 is 11.8 Å². The smallest absolute Gasteiger partial charge is 0.229 e. The first-order valence-electron chi connectivity index (χ1n) is 6.51. The van der Waals surface area contributed by atoms with Crippen LogP contribution in [0.3, 0.4) is 0 Å². The third kappa shape index (κ3) is 3.58. The molecule has 0 aliphatic heterocycles. The van der Waals surface area contributed by atoms with Crippen molar-refractivity contribution in [3.63, 3.8) is 0 Å². The Hall–Kier alpha value is -1.33. The summed E-state index contributed by atoms with van der Waals surface area (Å²) in [6.45, 7) is 4.82. The number of thioether (sulfide) groups is 1. The lowest BCUT2D eigenvalue weighted by Crippen LogP contribution is -2.04. The van der Waals surface area contributed by atoms with Crippen molar-refractivity contribution in [2.45, 2.75) is 31.1 Å². The molecule has 0 saturated heterocycles. The van der Waals surface area contributed by atoms with Crippen molar-refractivity contribution < 1.29 is 4.52 Å². The molecular formula is C14H19N3OS. The van der Waals surface area contributed by atoms with Crippen LogP contribution < -0.4 is 5.73 Å². The van der Waals surface area contributed by atoms with Crippen molar-refractivity contribution >= 4 is 11.8 Å². The molecular weight excluding hydrogens is 258 g/mol. The molecule has 0 spiro atoms. The SMILES string of the molecule is CCSc1ccc(-c2noc(C(C)CCN)n2)cc1. The molecule has 2 N–H and O–H groups in total. The van der Waals surface area contributed by atoms with Gasteiger partial charge < -0.3 is 10.3 Å². The number of benzene rings is 1. The highest BCUT2D eigenvalue weighted by atomic mass is 32.2. The van der Waals surface area contributed by atoms with E-state index in [1.807, 2.05) is 30.8 Å². The monoisotopic (exact) mass is 277 g/mol. The molecule has 2 rings (SSSR count). The lowest BCUT2D eigenvalue weighted by molar-refractivity contribution is 0.355. The summed E-state index contributed by atoms with van der Waals surface area (Å²) in [6, 6.07) is 8.23. The van der Waals surface area contributed by atoms with E-state index in [1.165, 1.54) is 4.90 Å². The van der Waals surface area contributed by atoms with Crippen LogP contribution in [0.5, 0.6) is 0 Å². The van der Waals surface area contributed by atoms with E-state index in [0.29, 0.717) is 18.3 Å². The van der Waals surface area contributed by atoms with Gasteiger partial charge >= 0.3 is 0 Å². The molecule has 1 unspecified atom stereocenters. The van der Waals surface area contributed by atoms with Crippen molar-refractivity contribution in [3.05, 3.63) is 30.2 Å². The van der Waals surface area contributed by atoms with Crippen LogP contribution in [0, 0.1) is 0 Å². The third-order valence-corrected chi connectivity index (χ3v) is 3.78. The Balaban J connectivity index is 2.13. The summed E-state index contributed by atoms with van der Waals surface area (Å²) in [4.78, 5) is 5.69. The molecule has 102 valence electrons. The van der Waals surface area contributed by atoms with E-state index >= 15 is 0 Å². The molecule has 1 heterocycles. The minimum Gasteiger partial charge on any atom is -0.339 e. The first-order valence-corrected chi connectivity index (χ1v) is 7.50. The molecule has 0 bridgehead atoms. The third-order valence-electron chi connectivity index (χ3n) is 2.89. The van der Waals surface area contributed by atoms with Crippen molar-refractivity contribution in [1.82, 2.24) is 10.1 Å². The zero-order valence-corrected chi connectivity index (χ0v) is 12.1. The molecule has 1 aromatic carbocycles. The second-order valence-electron chi connectivity index (χ2n) is 4.39. The highest BCUT2D eigenvalue weighted by molar-refractivity contribution is 7.99. The van der Waals surface area contributed by atoms with E-state index in [4.69, 9.17) is 10.3 Å². The fraction of sp³-hybridized carbons (Fsp3) is 0.429. The summed E-state index contributed by atoms with van der Waals surface area (Å²) in [5.41, 5.74) is 6.52. The topological polar surface area (TPSA) is 64.9 Å². The van der Waals surface area contributed by atoms with Gasteiger partial charge in [-0.1, -0.05) is 19.0 Å². The molecule has 5 heteroatoms. The van der Waals surface area contributed by atoms with Gasteiger partial charge in [-0.05, 0) is 43.0 Å². The molecule has 0 aliphatic carbocycles. The van der Waals surface area contributed by atoms with Crippen LogP contribution in [0.4, 0.5) is 0 Å². The van der Waals surface area contributed by atoms with Crippen LogP contribution in [-0.2, 0) is 0 Å². The minimum absolute atomic E-state index is 0.209. The summed E-state index contributed by atoms with van der Waals surface area (Å²) in [5, 5.41) is 4.03. The van der Waals surface area contributed by atoms with Crippen molar-refractivity contribution in [3.8, 4) is 11.4 Å². The molecule has 4 nitrogen and oxygen atoms in total. The lowest BCUT2D eigenvalue weighted by atomic mass is 10.1. The Morgan fingerprint density at radius 2 is 2.05 bits per heavy atom. The van der Waals surface area contributed by atoms with Gasteiger partial charge in [0.05, 0.1) is 0 Å². The summed E-state index contributed by atoms with van der Waals surface area (Å²) >= 11 is 1.82. The first-order chi connectivity index (χ1) is 9.24. The van der Waals surface area contributed by atoms with E-state index in [1.54, 1.807) is 0 Å². The average molecular weight is 277 g/mol. The molecule has 19 heavy (non-hydrogen) atoms. The zero-order valence-electron chi connectivity index (χ0n) is 11.3. The van der Waals surface area contributed by atoms with Gasteiger partial charge in [0.25, 0.3) is 0 Å². The number of nitrogens with zero attached hydrogens (tertiary/aromatic N) is 2. The van der Waals surface area contributed by atoms with E-state index < -0.39 is 0 Å². The second-order valence-corrected chi connectivity index (χ2v) is 5.73. The Morgan fingerprint density at radius 3 is 2.68 bits per heavy atom. The van der Waals surface area contributed by atoms with Crippen LogP contribution in [0.2, 0.25) is 0 Å². The fourth-order valence-electron chi connectivity index (χ4n) is 1.79. The van der Waals surface area contributed by atoms with Crippen LogP contribution in [0.1, 0.15) is 32.1 Å². The van der Waals surface area contributed by atoms with Crippen molar-refractivity contribution in [2.24, 2.45) is 5.73 Å². The van der Waals surface area contributed by atoms with Gasteiger partial charge in [0.2, 0.25) is 11.7 Å². The highest BCUT2D eigenvalue weighted by Gasteiger charge is 2.14. The number of hydrogen-bond acceptors (Lipinski definition) is 5.